The minimum atomic E-state index is -0.135. The number of fused-ring (bicyclic) bond motifs is 2. The van der Waals surface area contributed by atoms with Gasteiger partial charge in [0.05, 0.1) is 24.2 Å². The summed E-state index contributed by atoms with van der Waals surface area (Å²) in [6, 6.07) is 36.3. The van der Waals surface area contributed by atoms with Crippen molar-refractivity contribution in [3.05, 3.63) is 138 Å². The number of phenolic OH excluding ortho intramolecular Hbond substituents is 2. The Kier molecular flexibility index (Phi) is 9.59. The van der Waals surface area contributed by atoms with E-state index < -0.39 is 0 Å². The van der Waals surface area contributed by atoms with Gasteiger partial charge in [0.2, 0.25) is 0 Å². The molecule has 262 valence electrons. The minimum absolute atomic E-state index is 0.0111. The molecule has 7 aromatic rings. The van der Waals surface area contributed by atoms with Gasteiger partial charge in [-0.25, -0.2) is 0 Å². The molecule has 0 bridgehead atoms. The Hall–Kier alpha value is -6.94. The fourth-order valence-electron chi connectivity index (χ4n) is 6.17. The first-order valence-corrected chi connectivity index (χ1v) is 17.0. The molecule has 0 saturated carbocycles. The Morgan fingerprint density at radius 3 is 2.08 bits per heavy atom. The van der Waals surface area contributed by atoms with Crippen molar-refractivity contribution in [1.82, 2.24) is 0 Å². The van der Waals surface area contributed by atoms with Gasteiger partial charge < -0.3 is 20.3 Å². The largest absolute Gasteiger partial charge is 0.506 e. The highest BCUT2D eigenvalue weighted by Crippen LogP contribution is 2.42. The molecule has 0 fully saturated rings. The fraction of sp³-hybridized carbons (Fsp3) is 0.116. The summed E-state index contributed by atoms with van der Waals surface area (Å²) in [6.45, 7) is 7.85. The van der Waals surface area contributed by atoms with Gasteiger partial charge in [-0.05, 0) is 133 Å². The number of rotatable bonds is 9. The van der Waals surface area contributed by atoms with Crippen LogP contribution in [-0.2, 0) is 0 Å². The maximum atomic E-state index is 11.1. The van der Waals surface area contributed by atoms with Crippen LogP contribution in [0.5, 0.6) is 17.2 Å². The summed E-state index contributed by atoms with van der Waals surface area (Å²) in [5.74, 6) is 0.346. The van der Waals surface area contributed by atoms with Gasteiger partial charge in [0, 0.05) is 28.9 Å². The Morgan fingerprint density at radius 1 is 0.491 bits per heavy atom. The van der Waals surface area contributed by atoms with Crippen LogP contribution in [0.3, 0.4) is 0 Å². The van der Waals surface area contributed by atoms with Crippen molar-refractivity contribution < 1.29 is 14.9 Å². The molecule has 0 aromatic heterocycles. The Bertz CT molecular complexity index is 2600. The van der Waals surface area contributed by atoms with Crippen molar-refractivity contribution in [2.45, 2.75) is 27.7 Å². The van der Waals surface area contributed by atoms with Gasteiger partial charge in [-0.3, -0.25) is 0 Å². The van der Waals surface area contributed by atoms with Gasteiger partial charge in [-0.15, -0.1) is 15.3 Å². The third-order valence-electron chi connectivity index (χ3n) is 9.01. The molecule has 0 radical (unpaired) electrons. The van der Waals surface area contributed by atoms with E-state index in [1.165, 1.54) is 17.0 Å². The number of azo groups is 3. The quantitative estimate of drug-likeness (QED) is 0.129. The molecule has 7 rings (SSSR count). The van der Waals surface area contributed by atoms with Crippen LogP contribution in [0.4, 0.5) is 45.5 Å². The van der Waals surface area contributed by atoms with Crippen molar-refractivity contribution in [2.24, 2.45) is 30.7 Å². The standard InChI is InChI=1S/C43H37N7O3/c1-25-10-9-13-34-26(2)19-33(22-36(25)34)46-45-32-15-17-37(41(23-32)53-5)47-48-38-24-40(51)39(20-27(38)3)49-50-42-28(4)18-29-21-31(14-16-35(29)43(42)52)44-30-11-7-6-8-12-30/h6-24,44,51-52H,1-5H3. The van der Waals surface area contributed by atoms with Crippen molar-refractivity contribution in [1.29, 1.82) is 0 Å². The van der Waals surface area contributed by atoms with Gasteiger partial charge in [0.15, 0.2) is 5.75 Å². The molecule has 10 nitrogen and oxygen atoms in total. The van der Waals surface area contributed by atoms with Gasteiger partial charge in [0.1, 0.15) is 28.6 Å². The lowest BCUT2D eigenvalue weighted by Gasteiger charge is -2.11. The average Bonchev–Trinajstić information content (AvgIpc) is 3.15. The summed E-state index contributed by atoms with van der Waals surface area (Å²) in [6.07, 6.45) is 0. The van der Waals surface area contributed by atoms with Gasteiger partial charge in [0.25, 0.3) is 0 Å². The predicted molar refractivity (Wildman–Crippen MR) is 212 cm³/mol. The normalized spacial score (nSPS) is 11.8. The molecule has 10 heteroatoms. The van der Waals surface area contributed by atoms with Crippen molar-refractivity contribution >= 4 is 67.0 Å². The summed E-state index contributed by atoms with van der Waals surface area (Å²) < 4.78 is 5.59. The number of hydrogen-bond donors (Lipinski definition) is 3. The lowest BCUT2D eigenvalue weighted by molar-refractivity contribution is 0.416. The molecule has 53 heavy (non-hydrogen) atoms. The minimum Gasteiger partial charge on any atom is -0.506 e. The van der Waals surface area contributed by atoms with E-state index in [9.17, 15) is 10.2 Å². The maximum absolute atomic E-state index is 11.1. The van der Waals surface area contributed by atoms with Gasteiger partial charge in [-0.1, -0.05) is 36.4 Å². The first-order chi connectivity index (χ1) is 25.7. The Labute approximate surface area is 306 Å². The number of para-hydroxylation sites is 1. The SMILES string of the molecule is COc1cc(N=Nc2cc(C)c3cccc(C)c3c2)ccc1N=Nc1cc(O)c(N=Nc2c(C)cc3cc(Nc4ccccc4)ccc3c2O)cc1C. The zero-order valence-electron chi connectivity index (χ0n) is 30.0. The zero-order chi connectivity index (χ0) is 37.1. The van der Waals surface area contributed by atoms with Crippen LogP contribution in [0.2, 0.25) is 0 Å². The smallest absolute Gasteiger partial charge is 0.151 e. The maximum Gasteiger partial charge on any atom is 0.151 e. The molecule has 0 heterocycles. The molecule has 0 aliphatic heterocycles. The second kappa shape index (κ2) is 14.7. The third-order valence-corrected chi connectivity index (χ3v) is 9.01. The first kappa shape index (κ1) is 34.5. The summed E-state index contributed by atoms with van der Waals surface area (Å²) in [4.78, 5) is 0. The van der Waals surface area contributed by atoms with E-state index in [0.717, 1.165) is 39.0 Å². The third kappa shape index (κ3) is 7.43. The topological polar surface area (TPSA) is 136 Å². The molecule has 3 N–H and O–H groups in total. The van der Waals surface area contributed by atoms with E-state index in [4.69, 9.17) is 4.74 Å². The lowest BCUT2D eigenvalue weighted by atomic mass is 10.0. The van der Waals surface area contributed by atoms with Crippen LogP contribution in [0, 0.1) is 27.7 Å². The van der Waals surface area contributed by atoms with Crippen molar-refractivity contribution in [3.8, 4) is 17.2 Å². The number of methoxy groups -OCH3 is 1. The number of anilines is 2. The predicted octanol–water partition coefficient (Wildman–Crippen LogP) is 13.6. The van der Waals surface area contributed by atoms with E-state index in [0.29, 0.717) is 39.4 Å². The number of nitrogens with zero attached hydrogens (tertiary/aromatic N) is 6. The van der Waals surface area contributed by atoms with Crippen LogP contribution in [0.25, 0.3) is 21.5 Å². The lowest BCUT2D eigenvalue weighted by Crippen LogP contribution is -1.90. The summed E-state index contributed by atoms with van der Waals surface area (Å²) in [5.41, 5.74) is 8.47. The molecule has 7 aromatic carbocycles. The Morgan fingerprint density at radius 2 is 1.26 bits per heavy atom. The van der Waals surface area contributed by atoms with Crippen LogP contribution < -0.4 is 10.1 Å². The zero-order valence-corrected chi connectivity index (χ0v) is 30.0. The molecule has 0 spiro atoms. The second-order valence-electron chi connectivity index (χ2n) is 12.8. The summed E-state index contributed by atoms with van der Waals surface area (Å²) >= 11 is 0. The number of benzene rings is 7. The number of nitrogens with one attached hydrogen (secondary N) is 1. The highest BCUT2D eigenvalue weighted by molar-refractivity contribution is 5.96. The molecule has 0 unspecified atom stereocenters. The number of ether oxygens (including phenoxy) is 1. The van der Waals surface area contributed by atoms with E-state index in [1.807, 2.05) is 80.6 Å². The van der Waals surface area contributed by atoms with Gasteiger partial charge in [-0.2, -0.15) is 15.3 Å². The highest BCUT2D eigenvalue weighted by atomic mass is 16.5. The second-order valence-corrected chi connectivity index (χ2v) is 12.8. The molecule has 0 atom stereocenters. The van der Waals surface area contributed by atoms with Crippen LogP contribution >= 0.6 is 0 Å². The highest BCUT2D eigenvalue weighted by Gasteiger charge is 2.13. The fourth-order valence-corrected chi connectivity index (χ4v) is 6.17. The van der Waals surface area contributed by atoms with Crippen LogP contribution in [0.15, 0.2) is 146 Å². The summed E-state index contributed by atoms with van der Waals surface area (Å²) in [5, 5.41) is 55.6. The first-order valence-electron chi connectivity index (χ1n) is 17.0. The molecular weight excluding hydrogens is 663 g/mol. The molecule has 0 amide bonds. The van der Waals surface area contributed by atoms with E-state index in [-0.39, 0.29) is 17.2 Å². The van der Waals surface area contributed by atoms with Crippen molar-refractivity contribution in [3.63, 3.8) is 0 Å². The molecule has 0 aliphatic rings. The molecular formula is C43H37N7O3. The number of hydrogen-bond acceptors (Lipinski definition) is 10. The monoisotopic (exact) mass is 699 g/mol. The average molecular weight is 700 g/mol. The van der Waals surface area contributed by atoms with Gasteiger partial charge >= 0.3 is 0 Å². The number of phenols is 2. The molecule has 0 saturated heterocycles. The molecule has 0 aliphatic carbocycles. The number of aromatic hydroxyl groups is 2. The van der Waals surface area contributed by atoms with Crippen molar-refractivity contribution in [2.75, 3.05) is 12.4 Å². The van der Waals surface area contributed by atoms with E-state index in [2.05, 4.69) is 68.0 Å². The Balaban J connectivity index is 1.08. The number of aryl methyl sites for hydroxylation is 4. The summed E-state index contributed by atoms with van der Waals surface area (Å²) in [7, 11) is 1.55. The van der Waals surface area contributed by atoms with Crippen LogP contribution in [-0.4, -0.2) is 17.3 Å². The van der Waals surface area contributed by atoms with Crippen LogP contribution in [0.1, 0.15) is 22.3 Å². The van der Waals surface area contributed by atoms with E-state index in [1.54, 1.807) is 31.4 Å². The van der Waals surface area contributed by atoms with E-state index >= 15 is 0 Å².